The van der Waals surface area contributed by atoms with Crippen LogP contribution in [0.15, 0.2) is 47.4 Å². The Morgan fingerprint density at radius 1 is 0.923 bits per heavy atom. The van der Waals surface area contributed by atoms with E-state index in [4.69, 9.17) is 4.74 Å². The van der Waals surface area contributed by atoms with Crippen LogP contribution < -0.4 is 4.74 Å². The number of hydrogen-bond donors (Lipinski definition) is 2. The molecule has 0 saturated carbocycles. The molecule has 5 nitrogen and oxygen atoms in total. The number of aromatic hydroxyl groups is 1. The number of benzene rings is 2. The molecule has 0 aromatic heterocycles. The first-order chi connectivity index (χ1) is 12.4. The van der Waals surface area contributed by atoms with Gasteiger partial charge in [0.2, 0.25) is 0 Å². The summed E-state index contributed by atoms with van der Waals surface area (Å²) in [5.41, 5.74) is 1.20. The highest BCUT2D eigenvalue weighted by molar-refractivity contribution is 7.86. The first-order valence-electron chi connectivity index (χ1n) is 8.97. The van der Waals surface area contributed by atoms with E-state index in [1.54, 1.807) is 12.1 Å². The molecule has 26 heavy (non-hydrogen) atoms. The molecule has 0 spiro atoms. The number of phenolic OH excluding ortho intramolecular Hbond substituents is 1. The van der Waals surface area contributed by atoms with Crippen molar-refractivity contribution in [1.29, 1.82) is 0 Å². The van der Waals surface area contributed by atoms with Crippen LogP contribution >= 0.6 is 0 Å². The van der Waals surface area contributed by atoms with E-state index in [1.165, 1.54) is 49.8 Å². The van der Waals surface area contributed by atoms with Gasteiger partial charge in [0, 0.05) is 6.07 Å². The lowest BCUT2D eigenvalue weighted by atomic mass is 10.0. The Balaban J connectivity index is 1.96. The molecule has 0 fully saturated rings. The minimum Gasteiger partial charge on any atom is -0.508 e. The third-order valence-electron chi connectivity index (χ3n) is 4.18. The number of phenols is 1. The molecule has 0 aliphatic rings. The lowest BCUT2D eigenvalue weighted by Crippen LogP contribution is -2.01. The second-order valence-corrected chi connectivity index (χ2v) is 7.76. The third-order valence-corrected chi connectivity index (χ3v) is 5.05. The molecule has 2 rings (SSSR count). The highest BCUT2D eigenvalue weighted by atomic mass is 32.2. The van der Waals surface area contributed by atoms with Crippen molar-refractivity contribution < 1.29 is 22.8 Å². The monoisotopic (exact) mass is 378 g/mol. The highest BCUT2D eigenvalue weighted by Gasteiger charge is 2.18. The van der Waals surface area contributed by atoms with Crippen LogP contribution in [-0.4, -0.2) is 18.1 Å². The predicted molar refractivity (Wildman–Crippen MR) is 102 cm³/mol. The third kappa shape index (κ3) is 6.35. The zero-order chi connectivity index (χ0) is 19.0. The van der Waals surface area contributed by atoms with E-state index in [0.29, 0.717) is 5.75 Å². The summed E-state index contributed by atoms with van der Waals surface area (Å²) in [5.74, 6) is 0.167. The van der Waals surface area contributed by atoms with E-state index < -0.39 is 15.0 Å². The quantitative estimate of drug-likeness (QED) is 0.431. The van der Waals surface area contributed by atoms with Crippen molar-refractivity contribution in [2.45, 2.75) is 56.8 Å². The molecule has 0 aliphatic heterocycles. The Labute approximate surface area is 155 Å². The molecule has 0 saturated heterocycles. The number of hydrogen-bond acceptors (Lipinski definition) is 4. The van der Waals surface area contributed by atoms with Crippen molar-refractivity contribution in [3.8, 4) is 17.2 Å². The summed E-state index contributed by atoms with van der Waals surface area (Å²) in [6.45, 7) is 2.21. The minimum atomic E-state index is -4.49. The Bertz CT molecular complexity index is 797. The SMILES string of the molecule is CCCCCCCCc1ccc(Oc2ccc(O)cc2S(=O)(=O)O)cc1. The molecule has 0 radical (unpaired) electrons. The normalized spacial score (nSPS) is 11.5. The maximum Gasteiger partial charge on any atom is 0.298 e. The molecule has 0 heterocycles. The molecule has 0 amide bonds. The van der Waals surface area contributed by atoms with Gasteiger partial charge >= 0.3 is 0 Å². The number of unbranched alkanes of at least 4 members (excludes halogenated alkanes) is 5. The highest BCUT2D eigenvalue weighted by Crippen LogP contribution is 2.31. The molecular weight excluding hydrogens is 352 g/mol. The fourth-order valence-corrected chi connectivity index (χ4v) is 3.38. The Hall–Kier alpha value is -2.05. The van der Waals surface area contributed by atoms with Crippen molar-refractivity contribution in [2.75, 3.05) is 0 Å². The van der Waals surface area contributed by atoms with Crippen molar-refractivity contribution in [3.05, 3.63) is 48.0 Å². The summed E-state index contributed by atoms with van der Waals surface area (Å²) in [4.78, 5) is -0.464. The van der Waals surface area contributed by atoms with Crippen molar-refractivity contribution in [2.24, 2.45) is 0 Å². The van der Waals surface area contributed by atoms with E-state index in [9.17, 15) is 18.1 Å². The van der Waals surface area contributed by atoms with E-state index >= 15 is 0 Å². The zero-order valence-corrected chi connectivity index (χ0v) is 15.8. The molecule has 2 aromatic carbocycles. The topological polar surface area (TPSA) is 83.8 Å². The van der Waals surface area contributed by atoms with Gasteiger partial charge in [-0.2, -0.15) is 8.42 Å². The summed E-state index contributed by atoms with van der Waals surface area (Å²) >= 11 is 0. The molecule has 2 aromatic rings. The van der Waals surface area contributed by atoms with Crippen LogP contribution in [-0.2, 0) is 16.5 Å². The second kappa shape index (κ2) is 9.59. The van der Waals surface area contributed by atoms with Crippen molar-refractivity contribution >= 4 is 10.1 Å². The summed E-state index contributed by atoms with van der Waals surface area (Å²) < 4.78 is 37.7. The van der Waals surface area contributed by atoms with E-state index in [-0.39, 0.29) is 11.5 Å². The Kier molecular flexibility index (Phi) is 7.48. The molecule has 0 atom stereocenters. The van der Waals surface area contributed by atoms with Crippen molar-refractivity contribution in [1.82, 2.24) is 0 Å². The average molecular weight is 378 g/mol. The van der Waals surface area contributed by atoms with Crippen LogP contribution in [0.2, 0.25) is 0 Å². The average Bonchev–Trinajstić information content (AvgIpc) is 2.60. The number of rotatable bonds is 10. The molecule has 0 bridgehead atoms. The van der Waals surface area contributed by atoms with Gasteiger partial charge in [0.15, 0.2) is 0 Å². The van der Waals surface area contributed by atoms with E-state index in [1.807, 2.05) is 12.1 Å². The van der Waals surface area contributed by atoms with Crippen molar-refractivity contribution in [3.63, 3.8) is 0 Å². The first-order valence-corrected chi connectivity index (χ1v) is 10.4. The lowest BCUT2D eigenvalue weighted by molar-refractivity contribution is 0.439. The molecule has 0 unspecified atom stereocenters. The summed E-state index contributed by atoms with van der Waals surface area (Å²) in [7, 11) is -4.49. The molecule has 142 valence electrons. The van der Waals surface area contributed by atoms with Crippen LogP contribution in [0.1, 0.15) is 51.0 Å². The summed E-state index contributed by atoms with van der Waals surface area (Å²) in [6, 6.07) is 11.0. The molecule has 0 aliphatic carbocycles. The van der Waals surface area contributed by atoms with Crippen LogP contribution in [0.4, 0.5) is 0 Å². The van der Waals surface area contributed by atoms with Crippen LogP contribution in [0.5, 0.6) is 17.2 Å². The number of aryl methyl sites for hydroxylation is 1. The van der Waals surface area contributed by atoms with Gasteiger partial charge in [0.05, 0.1) is 0 Å². The van der Waals surface area contributed by atoms with Gasteiger partial charge in [-0.25, -0.2) is 0 Å². The van der Waals surface area contributed by atoms with Gasteiger partial charge in [-0.05, 0) is 42.7 Å². The first kappa shape index (κ1) is 20.3. The number of ether oxygens (including phenoxy) is 1. The van der Waals surface area contributed by atoms with Gasteiger partial charge in [-0.3, -0.25) is 4.55 Å². The van der Waals surface area contributed by atoms with E-state index in [2.05, 4.69) is 6.92 Å². The minimum absolute atomic E-state index is 0.0334. The van der Waals surface area contributed by atoms with E-state index in [0.717, 1.165) is 18.9 Å². The largest absolute Gasteiger partial charge is 0.508 e. The lowest BCUT2D eigenvalue weighted by Gasteiger charge is -2.10. The fourth-order valence-electron chi connectivity index (χ4n) is 2.74. The smallest absolute Gasteiger partial charge is 0.298 e. The van der Waals surface area contributed by atoms with Gasteiger partial charge < -0.3 is 9.84 Å². The molecular formula is C20H26O5S. The van der Waals surface area contributed by atoms with Gasteiger partial charge in [-0.1, -0.05) is 51.2 Å². The molecule has 6 heteroatoms. The fraction of sp³-hybridized carbons (Fsp3) is 0.400. The zero-order valence-electron chi connectivity index (χ0n) is 15.0. The Morgan fingerprint density at radius 3 is 2.23 bits per heavy atom. The Morgan fingerprint density at radius 2 is 1.58 bits per heavy atom. The summed E-state index contributed by atoms with van der Waals surface area (Å²) in [6.07, 6.45) is 8.50. The van der Waals surface area contributed by atoms with Gasteiger partial charge in [-0.15, -0.1) is 0 Å². The maximum absolute atomic E-state index is 11.4. The standard InChI is InChI=1S/C20H26O5S/c1-2-3-4-5-6-7-8-16-9-12-18(13-10-16)25-19-14-11-17(21)15-20(19)26(22,23)24/h9-15,21H,2-8H2,1H3,(H,22,23,24). The van der Waals surface area contributed by atoms with Gasteiger partial charge in [0.1, 0.15) is 22.1 Å². The predicted octanol–water partition coefficient (Wildman–Crippen LogP) is 5.33. The summed E-state index contributed by atoms with van der Waals surface area (Å²) in [5, 5.41) is 9.42. The van der Waals surface area contributed by atoms with Gasteiger partial charge in [0.25, 0.3) is 10.1 Å². The molecule has 2 N–H and O–H groups in total. The van der Waals surface area contributed by atoms with Crippen LogP contribution in [0, 0.1) is 0 Å². The van der Waals surface area contributed by atoms with Crippen LogP contribution in [0.3, 0.4) is 0 Å². The van der Waals surface area contributed by atoms with Crippen LogP contribution in [0.25, 0.3) is 0 Å². The second-order valence-electron chi connectivity index (χ2n) is 6.37. The maximum atomic E-state index is 11.4.